The summed E-state index contributed by atoms with van der Waals surface area (Å²) in [6, 6.07) is 21.1. The van der Waals surface area contributed by atoms with Crippen LogP contribution in [0.5, 0.6) is 11.5 Å². The van der Waals surface area contributed by atoms with Gasteiger partial charge in [-0.05, 0) is 36.4 Å². The largest absolute Gasteiger partial charge is 0.493 e. The summed E-state index contributed by atoms with van der Waals surface area (Å²) in [5.74, 6) is 1.13. The van der Waals surface area contributed by atoms with E-state index in [2.05, 4.69) is 5.32 Å². The first-order chi connectivity index (χ1) is 17.0. The summed E-state index contributed by atoms with van der Waals surface area (Å²) >= 11 is 6.15. The maximum atomic E-state index is 13.1. The third kappa shape index (κ3) is 4.20. The summed E-state index contributed by atoms with van der Waals surface area (Å²) in [5.41, 5.74) is 2.86. The number of carbonyl (C=O) groups excluding carboxylic acids is 1. The molecule has 35 heavy (non-hydrogen) atoms. The summed E-state index contributed by atoms with van der Waals surface area (Å²) in [6.07, 6.45) is 0. The van der Waals surface area contributed by atoms with Crippen molar-refractivity contribution < 1.29 is 14.3 Å². The average Bonchev–Trinajstić information content (AvgIpc) is 3.17. The van der Waals surface area contributed by atoms with Gasteiger partial charge in [0.05, 0.1) is 30.9 Å². The van der Waals surface area contributed by atoms with Crippen LogP contribution in [0.4, 0.5) is 5.69 Å². The molecule has 1 amide bonds. The van der Waals surface area contributed by atoms with E-state index in [1.807, 2.05) is 30.3 Å². The fourth-order valence-electron chi connectivity index (χ4n) is 4.08. The van der Waals surface area contributed by atoms with Gasteiger partial charge in [0.25, 0.3) is 5.56 Å². The number of halogens is 1. The molecule has 0 saturated carbocycles. The van der Waals surface area contributed by atoms with Crippen molar-refractivity contribution in [2.24, 2.45) is 0 Å². The molecule has 0 atom stereocenters. The van der Waals surface area contributed by atoms with Gasteiger partial charge in [0.2, 0.25) is 11.7 Å². The van der Waals surface area contributed by atoms with Gasteiger partial charge in [-0.2, -0.15) is 0 Å². The lowest BCUT2D eigenvalue weighted by molar-refractivity contribution is -0.116. The van der Waals surface area contributed by atoms with Crippen molar-refractivity contribution >= 4 is 40.0 Å². The molecule has 2 heterocycles. The van der Waals surface area contributed by atoms with Crippen molar-refractivity contribution in [2.45, 2.75) is 6.54 Å². The van der Waals surface area contributed by atoms with E-state index in [0.29, 0.717) is 50.3 Å². The van der Waals surface area contributed by atoms with E-state index in [1.54, 1.807) is 48.1 Å². The molecule has 8 nitrogen and oxygen atoms in total. The Labute approximate surface area is 205 Å². The number of anilines is 1. The molecule has 176 valence electrons. The molecule has 3 aromatic carbocycles. The van der Waals surface area contributed by atoms with Gasteiger partial charge in [0.15, 0.2) is 11.5 Å². The Morgan fingerprint density at radius 2 is 1.71 bits per heavy atom. The highest BCUT2D eigenvalue weighted by Gasteiger charge is 2.18. The number of hydrogen-bond acceptors (Lipinski definition) is 5. The molecule has 0 saturated heterocycles. The molecule has 0 bridgehead atoms. The van der Waals surface area contributed by atoms with E-state index in [-0.39, 0.29) is 18.0 Å². The summed E-state index contributed by atoms with van der Waals surface area (Å²) in [4.78, 5) is 31.0. The van der Waals surface area contributed by atoms with Crippen LogP contribution in [-0.2, 0) is 11.3 Å². The van der Waals surface area contributed by atoms with Crippen LogP contribution in [0.2, 0.25) is 5.02 Å². The fraction of sp³-hybridized carbons (Fsp3) is 0.115. The zero-order valence-electron chi connectivity index (χ0n) is 19.0. The van der Waals surface area contributed by atoms with Crippen molar-refractivity contribution in [3.8, 4) is 22.8 Å². The number of imidazole rings is 1. The minimum atomic E-state index is -0.289. The van der Waals surface area contributed by atoms with Gasteiger partial charge < -0.3 is 19.4 Å². The standard InChI is InChI=1S/C26H21ClN4O4/c1-34-22-11-10-18(13-23(22)35-2)28-24(32)15-30-20-8-3-4-9-21(20)31-25(33)14-19(29-26(30)31)16-6-5-7-17(27)12-16/h3-14H,15H2,1-2H3,(H,28,32). The number of benzene rings is 3. The van der Waals surface area contributed by atoms with Gasteiger partial charge in [0, 0.05) is 28.4 Å². The van der Waals surface area contributed by atoms with Crippen LogP contribution < -0.4 is 20.3 Å². The maximum absolute atomic E-state index is 13.1. The maximum Gasteiger partial charge on any atom is 0.260 e. The van der Waals surface area contributed by atoms with E-state index < -0.39 is 0 Å². The van der Waals surface area contributed by atoms with E-state index in [1.165, 1.54) is 17.6 Å². The number of ether oxygens (including phenoxy) is 2. The summed E-state index contributed by atoms with van der Waals surface area (Å²) in [5, 5.41) is 3.42. The lowest BCUT2D eigenvalue weighted by atomic mass is 10.1. The third-order valence-corrected chi connectivity index (χ3v) is 5.88. The van der Waals surface area contributed by atoms with Crippen molar-refractivity contribution in [1.82, 2.24) is 14.0 Å². The summed E-state index contributed by atoms with van der Waals surface area (Å²) in [6.45, 7) is -0.0587. The Balaban J connectivity index is 1.58. The fourth-order valence-corrected chi connectivity index (χ4v) is 4.27. The smallest absolute Gasteiger partial charge is 0.260 e. The highest BCUT2D eigenvalue weighted by molar-refractivity contribution is 6.30. The lowest BCUT2D eigenvalue weighted by Crippen LogP contribution is -2.20. The van der Waals surface area contributed by atoms with E-state index >= 15 is 0 Å². The van der Waals surface area contributed by atoms with Crippen LogP contribution in [0.25, 0.3) is 28.1 Å². The first-order valence-corrected chi connectivity index (χ1v) is 11.1. The topological polar surface area (TPSA) is 86.9 Å². The van der Waals surface area contributed by atoms with Gasteiger partial charge in [-0.15, -0.1) is 0 Å². The molecule has 0 aliphatic rings. The number of nitrogens with one attached hydrogen (secondary N) is 1. The van der Waals surface area contributed by atoms with Crippen molar-refractivity contribution in [3.05, 3.63) is 88.2 Å². The normalized spacial score (nSPS) is 11.1. The van der Waals surface area contributed by atoms with Gasteiger partial charge in [0.1, 0.15) is 6.54 Å². The predicted octanol–water partition coefficient (Wildman–Crippen LogP) is 4.63. The number of methoxy groups -OCH3 is 2. The number of para-hydroxylation sites is 2. The molecular weight excluding hydrogens is 468 g/mol. The second kappa shape index (κ2) is 9.15. The van der Waals surface area contributed by atoms with Gasteiger partial charge in [-0.3, -0.25) is 9.59 Å². The quantitative estimate of drug-likeness (QED) is 0.376. The van der Waals surface area contributed by atoms with Crippen molar-refractivity contribution in [2.75, 3.05) is 19.5 Å². The van der Waals surface area contributed by atoms with E-state index in [9.17, 15) is 9.59 Å². The Kier molecular flexibility index (Phi) is 5.88. The number of amides is 1. The lowest BCUT2D eigenvalue weighted by Gasteiger charge is -2.11. The van der Waals surface area contributed by atoms with Crippen LogP contribution in [-0.4, -0.2) is 34.1 Å². The zero-order valence-corrected chi connectivity index (χ0v) is 19.7. The minimum absolute atomic E-state index is 0.0587. The van der Waals surface area contributed by atoms with E-state index in [4.69, 9.17) is 26.1 Å². The summed E-state index contributed by atoms with van der Waals surface area (Å²) < 4.78 is 13.8. The highest BCUT2D eigenvalue weighted by atomic mass is 35.5. The SMILES string of the molecule is COc1ccc(NC(=O)Cn2c3ccccc3n3c(=O)cc(-c4cccc(Cl)c4)nc23)cc1OC. The molecule has 5 rings (SSSR count). The number of fused-ring (bicyclic) bond motifs is 3. The van der Waals surface area contributed by atoms with Crippen LogP contribution in [0.3, 0.4) is 0 Å². The number of hydrogen-bond donors (Lipinski definition) is 1. The van der Waals surface area contributed by atoms with Gasteiger partial charge in [-0.1, -0.05) is 35.9 Å². The number of carbonyl (C=O) groups is 1. The molecule has 0 spiro atoms. The molecule has 0 aliphatic heterocycles. The monoisotopic (exact) mass is 488 g/mol. The third-order valence-electron chi connectivity index (χ3n) is 5.65. The molecule has 0 aliphatic carbocycles. The Hall–Kier alpha value is -4.30. The van der Waals surface area contributed by atoms with Crippen LogP contribution >= 0.6 is 11.6 Å². The molecule has 1 N–H and O–H groups in total. The Morgan fingerprint density at radius 3 is 2.46 bits per heavy atom. The van der Waals surface area contributed by atoms with Crippen molar-refractivity contribution in [3.63, 3.8) is 0 Å². The molecule has 5 aromatic rings. The predicted molar refractivity (Wildman–Crippen MR) is 136 cm³/mol. The molecule has 2 aromatic heterocycles. The Bertz CT molecular complexity index is 1640. The Morgan fingerprint density at radius 1 is 0.943 bits per heavy atom. The van der Waals surface area contributed by atoms with E-state index in [0.717, 1.165) is 0 Å². The molecule has 0 fully saturated rings. The van der Waals surface area contributed by atoms with Gasteiger partial charge in [-0.25, -0.2) is 9.38 Å². The number of aromatic nitrogens is 3. The second-order valence-electron chi connectivity index (χ2n) is 7.82. The minimum Gasteiger partial charge on any atom is -0.493 e. The molecule has 0 radical (unpaired) electrons. The average molecular weight is 489 g/mol. The number of rotatable bonds is 6. The second-order valence-corrected chi connectivity index (χ2v) is 8.25. The molecular formula is C26H21ClN4O4. The van der Waals surface area contributed by atoms with Crippen LogP contribution in [0, 0.1) is 0 Å². The van der Waals surface area contributed by atoms with Crippen molar-refractivity contribution in [1.29, 1.82) is 0 Å². The highest BCUT2D eigenvalue weighted by Crippen LogP contribution is 2.30. The molecule has 9 heteroatoms. The van der Waals surface area contributed by atoms with Crippen LogP contribution in [0.1, 0.15) is 0 Å². The molecule has 0 unspecified atom stereocenters. The van der Waals surface area contributed by atoms with Gasteiger partial charge >= 0.3 is 0 Å². The zero-order chi connectivity index (χ0) is 24.5. The van der Waals surface area contributed by atoms with Crippen LogP contribution in [0.15, 0.2) is 77.6 Å². The first-order valence-electron chi connectivity index (χ1n) is 10.8. The number of nitrogens with zero attached hydrogens (tertiary/aromatic N) is 3. The summed E-state index contributed by atoms with van der Waals surface area (Å²) in [7, 11) is 3.08. The first kappa shape index (κ1) is 22.5.